The first-order valence-corrected chi connectivity index (χ1v) is 14.2. The third kappa shape index (κ3) is 13.0. The van der Waals surface area contributed by atoms with Gasteiger partial charge in [0.05, 0.1) is 19.8 Å². The van der Waals surface area contributed by atoms with E-state index in [0.29, 0.717) is 62.9 Å². The maximum absolute atomic E-state index is 12.8. The molecule has 0 fully saturated rings. The lowest BCUT2D eigenvalue weighted by molar-refractivity contribution is -0.128. The lowest BCUT2D eigenvalue weighted by Gasteiger charge is -2.30. The number of rotatable bonds is 20. The molecule has 0 radical (unpaired) electrons. The van der Waals surface area contributed by atoms with Crippen molar-refractivity contribution in [2.75, 3.05) is 41.0 Å². The van der Waals surface area contributed by atoms with Gasteiger partial charge in [-0.2, -0.15) is 0 Å². The maximum atomic E-state index is 12.8. The highest BCUT2D eigenvalue weighted by Gasteiger charge is 2.29. The standard InChI is InChI=1S/C30H53N3O6/c1-20(2)23(16-22-11-12-27(38-7)28(17-22)39-15-9-14-37-6)18-25(31)26(34)19-24(21(3)4)30(36)33-13-8-10-29(35)32-5/h11-12,17,20-21,23-26,34H,8-10,13-16,18-19,31H2,1-7H3,(H,32,35)(H,33,36)/t23-,24-,25-,26-/m0/s1. The van der Waals surface area contributed by atoms with Gasteiger partial charge in [-0.1, -0.05) is 33.8 Å². The first-order chi connectivity index (χ1) is 18.5. The van der Waals surface area contributed by atoms with Gasteiger partial charge in [0.15, 0.2) is 11.5 Å². The number of carbonyl (C=O) groups excluding carboxylic acids is 2. The van der Waals surface area contributed by atoms with Gasteiger partial charge in [-0.15, -0.1) is 0 Å². The van der Waals surface area contributed by atoms with Crippen LogP contribution in [0.4, 0.5) is 0 Å². The highest BCUT2D eigenvalue weighted by molar-refractivity contribution is 5.79. The number of carbonyl (C=O) groups is 2. The highest BCUT2D eigenvalue weighted by atomic mass is 16.5. The van der Waals surface area contributed by atoms with Gasteiger partial charge in [0.25, 0.3) is 0 Å². The fourth-order valence-electron chi connectivity index (χ4n) is 4.58. The summed E-state index contributed by atoms with van der Waals surface area (Å²) in [5, 5.41) is 16.5. The Labute approximate surface area is 235 Å². The molecule has 39 heavy (non-hydrogen) atoms. The molecule has 0 aliphatic carbocycles. The molecule has 2 amide bonds. The van der Waals surface area contributed by atoms with Gasteiger partial charge in [0.1, 0.15) is 0 Å². The Morgan fingerprint density at radius 3 is 2.31 bits per heavy atom. The topological polar surface area (TPSA) is 132 Å². The Morgan fingerprint density at radius 1 is 1.00 bits per heavy atom. The predicted octanol–water partition coefficient (Wildman–Crippen LogP) is 3.31. The van der Waals surface area contributed by atoms with Crippen LogP contribution in [0.3, 0.4) is 0 Å². The number of nitrogens with one attached hydrogen (secondary N) is 2. The van der Waals surface area contributed by atoms with E-state index in [2.05, 4.69) is 24.5 Å². The molecule has 1 rings (SSSR count). The van der Waals surface area contributed by atoms with Crippen molar-refractivity contribution in [3.8, 4) is 11.5 Å². The molecule has 0 saturated carbocycles. The second kappa shape index (κ2) is 18.8. The molecule has 0 spiro atoms. The molecular formula is C30H53N3O6. The van der Waals surface area contributed by atoms with Gasteiger partial charge in [0.2, 0.25) is 11.8 Å². The molecule has 0 heterocycles. The molecule has 1 aromatic rings. The summed E-state index contributed by atoms with van der Waals surface area (Å²) in [5.41, 5.74) is 7.64. The van der Waals surface area contributed by atoms with Crippen LogP contribution in [-0.2, 0) is 20.7 Å². The van der Waals surface area contributed by atoms with E-state index in [4.69, 9.17) is 19.9 Å². The summed E-state index contributed by atoms with van der Waals surface area (Å²) in [4.78, 5) is 24.2. The zero-order valence-corrected chi connectivity index (χ0v) is 25.1. The zero-order chi connectivity index (χ0) is 29.4. The molecule has 0 aliphatic rings. The first-order valence-electron chi connectivity index (χ1n) is 14.2. The summed E-state index contributed by atoms with van der Waals surface area (Å²) in [6.45, 7) is 9.88. The van der Waals surface area contributed by atoms with E-state index in [1.807, 2.05) is 32.0 Å². The van der Waals surface area contributed by atoms with Crippen molar-refractivity contribution >= 4 is 11.8 Å². The van der Waals surface area contributed by atoms with Crippen LogP contribution in [0.1, 0.15) is 65.4 Å². The Kier molecular flexibility index (Phi) is 16.7. The van der Waals surface area contributed by atoms with Crippen LogP contribution in [0.25, 0.3) is 0 Å². The zero-order valence-electron chi connectivity index (χ0n) is 25.1. The van der Waals surface area contributed by atoms with Crippen molar-refractivity contribution in [3.63, 3.8) is 0 Å². The van der Waals surface area contributed by atoms with Crippen LogP contribution in [0.5, 0.6) is 11.5 Å². The second-order valence-electron chi connectivity index (χ2n) is 11.0. The summed E-state index contributed by atoms with van der Waals surface area (Å²) in [6, 6.07) is 5.53. The largest absolute Gasteiger partial charge is 0.493 e. The summed E-state index contributed by atoms with van der Waals surface area (Å²) >= 11 is 0. The van der Waals surface area contributed by atoms with Crippen LogP contribution in [0.2, 0.25) is 0 Å². The molecule has 224 valence electrons. The third-order valence-electron chi connectivity index (χ3n) is 7.28. The predicted molar refractivity (Wildman–Crippen MR) is 155 cm³/mol. The minimum Gasteiger partial charge on any atom is -0.493 e. The van der Waals surface area contributed by atoms with E-state index in [-0.39, 0.29) is 29.6 Å². The SMILES string of the molecule is CNC(=O)CCCNC(=O)[C@@H](C[C@H](O)[C@@H](N)C[C@H](Cc1ccc(OC)c(OCCCOC)c1)C(C)C)C(C)C. The molecule has 0 unspecified atom stereocenters. The monoisotopic (exact) mass is 551 g/mol. The minimum absolute atomic E-state index is 0.0493. The van der Waals surface area contributed by atoms with Gasteiger partial charge in [-0.3, -0.25) is 9.59 Å². The minimum atomic E-state index is -0.800. The van der Waals surface area contributed by atoms with Crippen molar-refractivity contribution in [1.82, 2.24) is 10.6 Å². The molecule has 9 heteroatoms. The Bertz CT molecular complexity index is 848. The van der Waals surface area contributed by atoms with Crippen LogP contribution in [-0.4, -0.2) is 70.1 Å². The maximum Gasteiger partial charge on any atom is 0.223 e. The van der Waals surface area contributed by atoms with Crippen molar-refractivity contribution in [2.45, 2.75) is 78.4 Å². The summed E-state index contributed by atoms with van der Waals surface area (Å²) in [6.07, 6.45) is 2.64. The molecule has 4 atom stereocenters. The quantitative estimate of drug-likeness (QED) is 0.183. The number of benzene rings is 1. The van der Waals surface area contributed by atoms with Crippen LogP contribution in [0.15, 0.2) is 18.2 Å². The second-order valence-corrected chi connectivity index (χ2v) is 11.0. The average Bonchev–Trinajstić information content (AvgIpc) is 2.90. The molecule has 0 bridgehead atoms. The van der Waals surface area contributed by atoms with Crippen LogP contribution in [0, 0.1) is 23.7 Å². The molecule has 0 saturated heterocycles. The van der Waals surface area contributed by atoms with Crippen molar-refractivity contribution in [3.05, 3.63) is 23.8 Å². The van der Waals surface area contributed by atoms with E-state index in [1.54, 1.807) is 21.3 Å². The normalized spacial score (nSPS) is 14.5. The smallest absolute Gasteiger partial charge is 0.223 e. The average molecular weight is 552 g/mol. The Morgan fingerprint density at radius 2 is 1.72 bits per heavy atom. The fraction of sp³-hybridized carbons (Fsp3) is 0.733. The molecular weight excluding hydrogens is 498 g/mol. The Hall–Kier alpha value is -2.36. The summed E-state index contributed by atoms with van der Waals surface area (Å²) < 4.78 is 16.5. The van der Waals surface area contributed by atoms with Gasteiger partial charge < -0.3 is 35.7 Å². The van der Waals surface area contributed by atoms with E-state index in [9.17, 15) is 14.7 Å². The number of hydrogen-bond acceptors (Lipinski definition) is 7. The molecule has 5 N–H and O–H groups in total. The van der Waals surface area contributed by atoms with E-state index >= 15 is 0 Å². The number of aliphatic hydroxyl groups excluding tert-OH is 1. The van der Waals surface area contributed by atoms with Crippen molar-refractivity contribution < 1.29 is 28.9 Å². The molecule has 0 aliphatic heterocycles. The Balaban J connectivity index is 2.78. The number of aliphatic hydroxyl groups is 1. The summed E-state index contributed by atoms with van der Waals surface area (Å²) in [7, 11) is 4.90. The van der Waals surface area contributed by atoms with E-state index in [1.165, 1.54) is 0 Å². The number of hydrogen-bond donors (Lipinski definition) is 4. The number of methoxy groups -OCH3 is 2. The first kappa shape index (κ1) is 34.7. The van der Waals surface area contributed by atoms with Crippen LogP contribution < -0.4 is 25.8 Å². The third-order valence-corrected chi connectivity index (χ3v) is 7.28. The number of nitrogens with two attached hydrogens (primary N) is 1. The number of ether oxygens (including phenoxy) is 3. The van der Waals surface area contributed by atoms with Gasteiger partial charge >= 0.3 is 0 Å². The van der Waals surface area contributed by atoms with Crippen LogP contribution >= 0.6 is 0 Å². The highest BCUT2D eigenvalue weighted by Crippen LogP contribution is 2.31. The van der Waals surface area contributed by atoms with E-state index in [0.717, 1.165) is 18.4 Å². The number of amides is 2. The van der Waals surface area contributed by atoms with Gasteiger partial charge in [-0.05, 0) is 61.1 Å². The summed E-state index contributed by atoms with van der Waals surface area (Å²) in [5.74, 6) is 1.52. The van der Waals surface area contributed by atoms with Gasteiger partial charge in [-0.25, -0.2) is 0 Å². The lowest BCUT2D eigenvalue weighted by Crippen LogP contribution is -2.43. The van der Waals surface area contributed by atoms with E-state index < -0.39 is 12.1 Å². The molecule has 1 aromatic carbocycles. The fourth-order valence-corrected chi connectivity index (χ4v) is 4.58. The molecule has 9 nitrogen and oxygen atoms in total. The molecule has 0 aromatic heterocycles. The van der Waals surface area contributed by atoms with Gasteiger partial charge in [0, 0.05) is 52.1 Å². The van der Waals surface area contributed by atoms with Crippen molar-refractivity contribution in [2.24, 2.45) is 29.4 Å². The van der Waals surface area contributed by atoms with Crippen molar-refractivity contribution in [1.29, 1.82) is 0 Å². The lowest BCUT2D eigenvalue weighted by atomic mass is 9.81.